The molecule has 1 saturated carbocycles. The van der Waals surface area contributed by atoms with Crippen molar-refractivity contribution in [3.05, 3.63) is 35.7 Å². The number of nitrogens with one attached hydrogen (secondary N) is 2. The SMILES string of the molecule is Cn1nnc2ccc(C(=O)N[C@H](CC3CCCCC3)C(=O)N3C[C@@H](n4nncc4C(C)(C)O)C[C@H]3C(=O)NC3(C(=O)C(N)=O)CCSCC3)cc21. The molecule has 2 aromatic heterocycles. The molecule has 2 saturated heterocycles. The first-order valence-electron chi connectivity index (χ1n) is 17.6. The maximum atomic E-state index is 14.8. The van der Waals surface area contributed by atoms with Gasteiger partial charge in [-0.05, 0) is 68.7 Å². The van der Waals surface area contributed by atoms with Gasteiger partial charge in [0.25, 0.3) is 11.8 Å². The largest absolute Gasteiger partial charge is 0.384 e. The number of nitrogens with two attached hydrogens (primary N) is 1. The van der Waals surface area contributed by atoms with Gasteiger partial charge in [-0.25, -0.2) is 9.36 Å². The number of primary amides is 1. The van der Waals surface area contributed by atoms with Crippen LogP contribution in [0.1, 0.15) is 93.7 Å². The van der Waals surface area contributed by atoms with Gasteiger partial charge in [-0.15, -0.1) is 10.2 Å². The van der Waals surface area contributed by atoms with Crippen LogP contribution >= 0.6 is 11.8 Å². The van der Waals surface area contributed by atoms with Crippen molar-refractivity contribution in [1.82, 2.24) is 45.5 Å². The summed E-state index contributed by atoms with van der Waals surface area (Å²) in [5.41, 5.74) is 4.67. The predicted octanol–water partition coefficient (Wildman–Crippen LogP) is 1.13. The Morgan fingerprint density at radius 1 is 1.10 bits per heavy atom. The Morgan fingerprint density at radius 3 is 2.51 bits per heavy atom. The second kappa shape index (κ2) is 14.7. The monoisotopic (exact) mass is 722 g/mol. The number of likely N-dealkylation sites (tertiary alicyclic amines) is 1. The van der Waals surface area contributed by atoms with E-state index in [-0.39, 0.29) is 31.7 Å². The summed E-state index contributed by atoms with van der Waals surface area (Å²) in [6.07, 6.45) is 7.37. The summed E-state index contributed by atoms with van der Waals surface area (Å²) in [6, 6.07) is 2.39. The normalized spacial score (nSPS) is 21.7. The zero-order valence-corrected chi connectivity index (χ0v) is 30.0. The Hall–Kier alpha value is -4.38. The fourth-order valence-corrected chi connectivity index (χ4v) is 8.90. The number of Topliss-reactive ketones (excluding diaryl/α,β-unsaturated/α-hetero) is 1. The Balaban J connectivity index is 1.33. The van der Waals surface area contributed by atoms with Crippen LogP contribution in [0.25, 0.3) is 11.0 Å². The van der Waals surface area contributed by atoms with E-state index in [4.69, 9.17) is 5.73 Å². The average molecular weight is 723 g/mol. The molecule has 2 aliphatic heterocycles. The standard InChI is InChI=1S/C34H46N10O6S/c1-33(2,50)27-18-36-40-44(27)22-17-26(31(48)38-34(28(45)29(35)46)11-13-51-14-12-34)43(19-22)32(49)24(15-20-7-5-4-6-8-20)37-30(47)21-9-10-23-25(16-21)42(3)41-39-23/h9-10,16,18,20,22,24,26,50H,4-8,11-15,17,19H2,1-3H3,(H2,35,46)(H,37,47)(H,38,48)/t22-,24+,26-/m0/s1. The number of carbonyl (C=O) groups excluding carboxylic acids is 5. The highest BCUT2D eigenvalue weighted by molar-refractivity contribution is 7.99. The van der Waals surface area contributed by atoms with Crippen LogP contribution in [0.4, 0.5) is 0 Å². The lowest BCUT2D eigenvalue weighted by Gasteiger charge is -2.37. The molecule has 0 spiro atoms. The molecule has 3 atom stereocenters. The van der Waals surface area contributed by atoms with E-state index >= 15 is 0 Å². The zero-order valence-electron chi connectivity index (χ0n) is 29.2. The van der Waals surface area contributed by atoms with Gasteiger partial charge in [0, 0.05) is 25.6 Å². The number of nitrogens with zero attached hydrogens (tertiary/aromatic N) is 7. The molecule has 51 heavy (non-hydrogen) atoms. The number of hydrogen-bond acceptors (Lipinski definition) is 11. The van der Waals surface area contributed by atoms with E-state index in [1.165, 1.54) is 15.8 Å². The van der Waals surface area contributed by atoms with Gasteiger partial charge < -0.3 is 26.4 Å². The number of fused-ring (bicyclic) bond motifs is 1. The first-order valence-corrected chi connectivity index (χ1v) is 18.7. The first kappa shape index (κ1) is 36.4. The molecule has 4 amide bonds. The summed E-state index contributed by atoms with van der Waals surface area (Å²) in [6.45, 7) is 3.22. The van der Waals surface area contributed by atoms with Gasteiger partial charge >= 0.3 is 0 Å². The fourth-order valence-electron chi connectivity index (χ4n) is 7.71. The van der Waals surface area contributed by atoms with Gasteiger partial charge in [-0.2, -0.15) is 11.8 Å². The highest BCUT2D eigenvalue weighted by atomic mass is 32.2. The smallest absolute Gasteiger partial charge is 0.287 e. The minimum atomic E-state index is -1.48. The molecule has 16 nitrogen and oxygen atoms in total. The highest BCUT2D eigenvalue weighted by Crippen LogP contribution is 2.35. The third-order valence-electron chi connectivity index (χ3n) is 10.5. The van der Waals surface area contributed by atoms with Crippen molar-refractivity contribution < 1.29 is 29.1 Å². The van der Waals surface area contributed by atoms with Gasteiger partial charge in [-0.3, -0.25) is 24.0 Å². The molecule has 17 heteroatoms. The summed E-state index contributed by atoms with van der Waals surface area (Å²) in [5.74, 6) is -2.22. The molecule has 1 aromatic carbocycles. The van der Waals surface area contributed by atoms with Crippen LogP contribution < -0.4 is 16.4 Å². The third kappa shape index (κ3) is 7.64. The highest BCUT2D eigenvalue weighted by Gasteiger charge is 2.49. The number of hydrogen-bond donors (Lipinski definition) is 4. The Morgan fingerprint density at radius 2 is 1.82 bits per heavy atom. The number of aryl methyl sites for hydroxylation is 1. The summed E-state index contributed by atoms with van der Waals surface area (Å²) in [4.78, 5) is 69.7. The molecule has 6 rings (SSSR count). The average Bonchev–Trinajstić information content (AvgIpc) is 3.87. The number of amides is 4. The summed E-state index contributed by atoms with van der Waals surface area (Å²) >= 11 is 1.61. The summed E-state index contributed by atoms with van der Waals surface area (Å²) in [5, 5.41) is 33.1. The molecule has 1 aliphatic carbocycles. The Labute approximate surface area is 299 Å². The number of benzene rings is 1. The predicted molar refractivity (Wildman–Crippen MR) is 187 cm³/mol. The van der Waals surface area contributed by atoms with E-state index in [1.54, 1.807) is 55.5 Å². The van der Waals surface area contributed by atoms with Crippen molar-refractivity contribution in [2.45, 2.75) is 101 Å². The van der Waals surface area contributed by atoms with Crippen LogP contribution in [0.15, 0.2) is 24.4 Å². The van der Waals surface area contributed by atoms with E-state index < -0.39 is 58.7 Å². The zero-order chi connectivity index (χ0) is 36.5. The summed E-state index contributed by atoms with van der Waals surface area (Å²) in [7, 11) is 1.73. The number of aliphatic hydroxyl groups is 1. The topological polar surface area (TPSA) is 220 Å². The number of carbonyl (C=O) groups is 5. The molecule has 4 heterocycles. The molecule has 3 aromatic rings. The molecule has 0 radical (unpaired) electrons. The molecular weight excluding hydrogens is 677 g/mol. The lowest BCUT2D eigenvalue weighted by Crippen LogP contribution is -2.63. The van der Waals surface area contributed by atoms with Crippen LogP contribution in [-0.4, -0.2) is 105 Å². The van der Waals surface area contributed by atoms with E-state index in [9.17, 15) is 29.1 Å². The lowest BCUT2D eigenvalue weighted by atomic mass is 9.84. The van der Waals surface area contributed by atoms with Gasteiger partial charge in [0.05, 0.1) is 23.4 Å². The van der Waals surface area contributed by atoms with Crippen molar-refractivity contribution in [2.75, 3.05) is 18.1 Å². The van der Waals surface area contributed by atoms with Gasteiger partial charge in [0.1, 0.15) is 28.7 Å². The number of thioether (sulfide) groups is 1. The third-order valence-corrected chi connectivity index (χ3v) is 11.5. The maximum absolute atomic E-state index is 14.8. The van der Waals surface area contributed by atoms with Crippen LogP contribution in [-0.2, 0) is 31.8 Å². The molecule has 274 valence electrons. The molecule has 0 unspecified atom stereocenters. The number of rotatable bonds is 11. The molecule has 5 N–H and O–H groups in total. The van der Waals surface area contributed by atoms with E-state index in [0.717, 1.165) is 32.1 Å². The molecule has 3 fully saturated rings. The van der Waals surface area contributed by atoms with Crippen LogP contribution in [0.3, 0.4) is 0 Å². The molecule has 3 aliphatic rings. The van der Waals surface area contributed by atoms with E-state index in [0.29, 0.717) is 40.2 Å². The Bertz CT molecular complexity index is 1810. The quantitative estimate of drug-likeness (QED) is 0.206. The lowest BCUT2D eigenvalue weighted by molar-refractivity contribution is -0.145. The minimum absolute atomic E-state index is 0.0274. The van der Waals surface area contributed by atoms with Gasteiger partial charge in [0.2, 0.25) is 17.6 Å². The molecule has 0 bridgehead atoms. The van der Waals surface area contributed by atoms with Crippen LogP contribution in [0.5, 0.6) is 0 Å². The number of aromatic nitrogens is 6. The minimum Gasteiger partial charge on any atom is -0.384 e. The van der Waals surface area contributed by atoms with Gasteiger partial charge in [-0.1, -0.05) is 42.5 Å². The second-order valence-electron chi connectivity index (χ2n) is 14.6. The second-order valence-corrected chi connectivity index (χ2v) is 15.8. The van der Waals surface area contributed by atoms with Crippen molar-refractivity contribution >= 4 is 52.2 Å². The maximum Gasteiger partial charge on any atom is 0.287 e. The van der Waals surface area contributed by atoms with Gasteiger partial charge in [0.15, 0.2) is 0 Å². The summed E-state index contributed by atoms with van der Waals surface area (Å²) < 4.78 is 3.10. The van der Waals surface area contributed by atoms with E-state index in [1.807, 2.05) is 0 Å². The van der Waals surface area contributed by atoms with E-state index in [2.05, 4.69) is 31.3 Å². The Kier molecular flexibility index (Phi) is 10.5. The van der Waals surface area contributed by atoms with Crippen molar-refractivity contribution in [2.24, 2.45) is 18.7 Å². The molecular formula is C34H46N10O6S. The fraction of sp³-hybridized carbons (Fsp3) is 0.618. The van der Waals surface area contributed by atoms with Crippen molar-refractivity contribution in [1.29, 1.82) is 0 Å². The van der Waals surface area contributed by atoms with Crippen LogP contribution in [0, 0.1) is 5.92 Å². The first-order chi connectivity index (χ1) is 24.3. The van der Waals surface area contributed by atoms with Crippen molar-refractivity contribution in [3.63, 3.8) is 0 Å². The number of ketones is 1. The van der Waals surface area contributed by atoms with Crippen molar-refractivity contribution in [3.8, 4) is 0 Å². The van der Waals surface area contributed by atoms with Crippen LogP contribution in [0.2, 0.25) is 0 Å².